The molecule has 1 saturated heterocycles. The predicted octanol–water partition coefficient (Wildman–Crippen LogP) is 4.12. The van der Waals surface area contributed by atoms with Gasteiger partial charge in [-0.15, -0.1) is 0 Å². The highest BCUT2D eigenvalue weighted by Gasteiger charge is 2.34. The van der Waals surface area contributed by atoms with Gasteiger partial charge in [0, 0.05) is 56.2 Å². The summed E-state index contributed by atoms with van der Waals surface area (Å²) in [5, 5.41) is 4.66. The van der Waals surface area contributed by atoms with Gasteiger partial charge >= 0.3 is 0 Å². The van der Waals surface area contributed by atoms with Gasteiger partial charge in [0.05, 0.1) is 25.0 Å². The van der Waals surface area contributed by atoms with E-state index in [-0.39, 0.29) is 12.2 Å². The van der Waals surface area contributed by atoms with Crippen molar-refractivity contribution in [3.05, 3.63) is 40.2 Å². The van der Waals surface area contributed by atoms with Crippen LogP contribution in [0.4, 0.5) is 0 Å². The van der Waals surface area contributed by atoms with Crippen molar-refractivity contribution in [3.63, 3.8) is 0 Å². The number of rotatable bonds is 8. The summed E-state index contributed by atoms with van der Waals surface area (Å²) < 4.78 is 22.4. The molecule has 1 aliphatic heterocycles. The molecule has 0 N–H and O–H groups in total. The lowest BCUT2D eigenvalue weighted by Gasteiger charge is -2.19. The number of halogens is 1. The van der Waals surface area contributed by atoms with Crippen molar-refractivity contribution in [2.75, 3.05) is 27.3 Å². The number of ether oxygens (including phenoxy) is 3. The Balaban J connectivity index is 1.71. The molecule has 1 aliphatic rings. The molecule has 3 rings (SSSR count). The van der Waals surface area contributed by atoms with Gasteiger partial charge < -0.3 is 18.7 Å². The van der Waals surface area contributed by atoms with Crippen LogP contribution in [-0.2, 0) is 17.7 Å². The summed E-state index contributed by atoms with van der Waals surface area (Å²) >= 11 is 6.54. The lowest BCUT2D eigenvalue weighted by Crippen LogP contribution is -2.23. The number of likely N-dealkylation sites (tertiary alicyclic amines) is 1. The van der Waals surface area contributed by atoms with E-state index >= 15 is 0 Å². The first kappa shape index (κ1) is 21.0. The fourth-order valence-electron chi connectivity index (χ4n) is 3.74. The molecule has 154 valence electrons. The van der Waals surface area contributed by atoms with Crippen LogP contribution in [0.2, 0.25) is 5.02 Å². The first-order valence-corrected chi connectivity index (χ1v) is 9.97. The second-order valence-corrected chi connectivity index (χ2v) is 8.04. The Morgan fingerprint density at radius 1 is 1.21 bits per heavy atom. The molecule has 0 spiro atoms. The molecule has 6 nitrogen and oxygen atoms in total. The van der Waals surface area contributed by atoms with E-state index < -0.39 is 0 Å². The Bertz CT molecular complexity index is 793. The number of nitrogens with zero attached hydrogens (tertiary/aromatic N) is 2. The van der Waals surface area contributed by atoms with Gasteiger partial charge in [-0.2, -0.15) is 0 Å². The Kier molecular flexibility index (Phi) is 6.86. The Labute approximate surface area is 171 Å². The highest BCUT2D eigenvalue weighted by atomic mass is 35.5. The topological polar surface area (TPSA) is 57.0 Å². The highest BCUT2D eigenvalue weighted by molar-refractivity contribution is 6.31. The summed E-state index contributed by atoms with van der Waals surface area (Å²) in [4.78, 5) is 2.35. The molecule has 28 heavy (non-hydrogen) atoms. The molecule has 0 radical (unpaired) electrons. The summed E-state index contributed by atoms with van der Waals surface area (Å²) in [5.74, 6) is 2.62. The molecule has 2 atom stereocenters. The van der Waals surface area contributed by atoms with Crippen LogP contribution in [0, 0.1) is 12.8 Å². The van der Waals surface area contributed by atoms with Gasteiger partial charge in [0.15, 0.2) is 11.5 Å². The number of hydrogen-bond donors (Lipinski definition) is 0. The van der Waals surface area contributed by atoms with Gasteiger partial charge in [-0.3, -0.25) is 4.90 Å². The molecule has 0 unspecified atom stereocenters. The van der Waals surface area contributed by atoms with E-state index in [9.17, 15) is 0 Å². The van der Waals surface area contributed by atoms with Crippen LogP contribution in [0.1, 0.15) is 30.9 Å². The number of aryl methyl sites for hydroxylation is 1. The second-order valence-electron chi connectivity index (χ2n) is 7.63. The quantitative estimate of drug-likeness (QED) is 0.654. The summed E-state index contributed by atoms with van der Waals surface area (Å²) in [5.41, 5.74) is 1.92. The predicted molar refractivity (Wildman–Crippen MR) is 108 cm³/mol. The minimum absolute atomic E-state index is 0.0531. The van der Waals surface area contributed by atoms with E-state index in [0.717, 1.165) is 43.1 Å². The van der Waals surface area contributed by atoms with Crippen LogP contribution in [-0.4, -0.2) is 49.6 Å². The average Bonchev–Trinajstić information content (AvgIpc) is 3.22. The molecule has 0 aliphatic carbocycles. The maximum absolute atomic E-state index is 6.54. The minimum Gasteiger partial charge on any atom is -0.493 e. The number of methoxy groups -OCH3 is 2. The third-order valence-corrected chi connectivity index (χ3v) is 5.34. The molecule has 0 bridgehead atoms. The second kappa shape index (κ2) is 9.16. The first-order chi connectivity index (χ1) is 13.4. The van der Waals surface area contributed by atoms with E-state index in [1.807, 2.05) is 39.0 Å². The van der Waals surface area contributed by atoms with Crippen molar-refractivity contribution >= 4 is 11.6 Å². The van der Waals surface area contributed by atoms with Crippen molar-refractivity contribution in [1.82, 2.24) is 10.1 Å². The van der Waals surface area contributed by atoms with Gasteiger partial charge in [-0.1, -0.05) is 16.8 Å². The fraction of sp³-hybridized carbons (Fsp3) is 0.571. The van der Waals surface area contributed by atoms with E-state index in [2.05, 4.69) is 10.1 Å². The summed E-state index contributed by atoms with van der Waals surface area (Å²) in [6.45, 7) is 8.37. The zero-order chi connectivity index (χ0) is 20.3. The number of hydrogen-bond acceptors (Lipinski definition) is 6. The standard InChI is InChI=1S/C21H29ClN2O4/c1-13(2)27-20-9-18(22)15(8-19(20)25-4)10-24-11-16(21(12-24)26-5)7-17-6-14(3)23-28-17/h6,8-9,13,16,21H,7,10-12H2,1-5H3/t16-,21+/m1/s1. The van der Waals surface area contributed by atoms with Gasteiger partial charge in [0.1, 0.15) is 5.76 Å². The van der Waals surface area contributed by atoms with Crippen molar-refractivity contribution in [1.29, 1.82) is 0 Å². The lowest BCUT2D eigenvalue weighted by molar-refractivity contribution is 0.0761. The van der Waals surface area contributed by atoms with Crippen LogP contribution in [0.25, 0.3) is 0 Å². The molecule has 0 saturated carbocycles. The van der Waals surface area contributed by atoms with Crippen molar-refractivity contribution in [2.24, 2.45) is 5.92 Å². The molecule has 2 aromatic rings. The van der Waals surface area contributed by atoms with Crippen molar-refractivity contribution in [2.45, 2.75) is 45.9 Å². The van der Waals surface area contributed by atoms with E-state index in [0.29, 0.717) is 22.4 Å². The normalized spacial score (nSPS) is 20.1. The molecular weight excluding hydrogens is 380 g/mol. The molecule has 1 aromatic heterocycles. The van der Waals surface area contributed by atoms with E-state index in [1.54, 1.807) is 14.2 Å². The highest BCUT2D eigenvalue weighted by Crippen LogP contribution is 2.35. The lowest BCUT2D eigenvalue weighted by atomic mass is 10.0. The van der Waals surface area contributed by atoms with Gasteiger partial charge in [-0.25, -0.2) is 0 Å². The molecule has 0 amide bonds. The van der Waals surface area contributed by atoms with Gasteiger partial charge in [-0.05, 0) is 32.4 Å². The van der Waals surface area contributed by atoms with Crippen molar-refractivity contribution < 1.29 is 18.7 Å². The van der Waals surface area contributed by atoms with Gasteiger partial charge in [0.2, 0.25) is 0 Å². The summed E-state index contributed by atoms with van der Waals surface area (Å²) in [6, 6.07) is 5.80. The molecule has 7 heteroatoms. The Morgan fingerprint density at radius 2 is 2.00 bits per heavy atom. The number of aromatic nitrogens is 1. The van der Waals surface area contributed by atoms with E-state index in [1.165, 1.54) is 0 Å². The number of benzene rings is 1. The monoisotopic (exact) mass is 408 g/mol. The summed E-state index contributed by atoms with van der Waals surface area (Å²) in [7, 11) is 3.41. The first-order valence-electron chi connectivity index (χ1n) is 9.60. The third kappa shape index (κ3) is 4.99. The minimum atomic E-state index is 0.0531. The van der Waals surface area contributed by atoms with Crippen LogP contribution in [0.3, 0.4) is 0 Å². The Hall–Kier alpha value is -1.76. The molecule has 1 aromatic carbocycles. The maximum Gasteiger partial charge on any atom is 0.163 e. The van der Waals surface area contributed by atoms with Crippen LogP contribution in [0.15, 0.2) is 22.7 Å². The SMILES string of the molecule is COc1cc(CN2C[C@@H](Cc3cc(C)no3)[C@@H](OC)C2)c(Cl)cc1OC(C)C. The largest absolute Gasteiger partial charge is 0.493 e. The van der Waals surface area contributed by atoms with Crippen molar-refractivity contribution in [3.8, 4) is 11.5 Å². The van der Waals surface area contributed by atoms with Crippen LogP contribution in [0.5, 0.6) is 11.5 Å². The fourth-order valence-corrected chi connectivity index (χ4v) is 3.95. The maximum atomic E-state index is 6.54. The Morgan fingerprint density at radius 3 is 2.61 bits per heavy atom. The zero-order valence-corrected chi connectivity index (χ0v) is 18.0. The van der Waals surface area contributed by atoms with E-state index in [4.69, 9.17) is 30.3 Å². The van der Waals surface area contributed by atoms with Crippen LogP contribution >= 0.6 is 11.6 Å². The molecule has 2 heterocycles. The molecular formula is C21H29ClN2O4. The average molecular weight is 409 g/mol. The molecule has 1 fully saturated rings. The van der Waals surface area contributed by atoms with Crippen LogP contribution < -0.4 is 9.47 Å². The summed E-state index contributed by atoms with van der Waals surface area (Å²) in [6.07, 6.45) is 1.01. The third-order valence-electron chi connectivity index (χ3n) is 4.99. The zero-order valence-electron chi connectivity index (χ0n) is 17.2. The smallest absolute Gasteiger partial charge is 0.163 e. The van der Waals surface area contributed by atoms with Gasteiger partial charge in [0.25, 0.3) is 0 Å².